The Balaban J connectivity index is 2.60. The predicted octanol–water partition coefficient (Wildman–Crippen LogP) is 2.05. The van der Waals surface area contributed by atoms with E-state index in [-0.39, 0.29) is 6.61 Å². The van der Waals surface area contributed by atoms with E-state index in [4.69, 9.17) is 5.11 Å². The van der Waals surface area contributed by atoms with Gasteiger partial charge < -0.3 is 0 Å². The number of halogens is 2. The summed E-state index contributed by atoms with van der Waals surface area (Å²) >= 11 is 5.88. The molecule has 13 heavy (non-hydrogen) atoms. The maximum atomic E-state index is 8.78. The van der Waals surface area contributed by atoms with E-state index in [9.17, 15) is 0 Å². The number of aliphatic hydroxyl groups is 1. The third-order valence-electron chi connectivity index (χ3n) is 1.29. The zero-order valence-corrected chi connectivity index (χ0v) is 12.2. The standard InChI is InChI=1S/C9H8BrIOSe/c10-7-1-3-9(4-2-7)13-6-8(11)5-12/h1-4,6,12H,5H2/b8-6-. The van der Waals surface area contributed by atoms with Crippen molar-refractivity contribution in [1.82, 2.24) is 0 Å². The molecule has 0 unspecified atom stereocenters. The molecule has 0 bridgehead atoms. The van der Waals surface area contributed by atoms with Crippen LogP contribution in [-0.4, -0.2) is 26.7 Å². The van der Waals surface area contributed by atoms with Crippen molar-refractivity contribution in [3.8, 4) is 0 Å². The van der Waals surface area contributed by atoms with E-state index in [1.807, 2.05) is 12.1 Å². The molecule has 0 fully saturated rings. The second-order valence-electron chi connectivity index (χ2n) is 2.29. The summed E-state index contributed by atoms with van der Waals surface area (Å²) in [4.78, 5) is 2.09. The summed E-state index contributed by atoms with van der Waals surface area (Å²) in [5.74, 6) is 0. The third-order valence-corrected chi connectivity index (χ3v) is 5.40. The van der Waals surface area contributed by atoms with Gasteiger partial charge in [0.15, 0.2) is 0 Å². The zero-order valence-electron chi connectivity index (χ0n) is 6.71. The Labute approximate surface area is 106 Å². The number of hydrogen-bond donors (Lipinski definition) is 1. The van der Waals surface area contributed by atoms with Crippen LogP contribution in [0.4, 0.5) is 0 Å². The average molecular weight is 418 g/mol. The fraction of sp³-hybridized carbons (Fsp3) is 0.111. The van der Waals surface area contributed by atoms with Crippen molar-refractivity contribution in [1.29, 1.82) is 0 Å². The molecule has 0 aliphatic rings. The van der Waals surface area contributed by atoms with Gasteiger partial charge in [0, 0.05) is 0 Å². The van der Waals surface area contributed by atoms with Crippen LogP contribution in [-0.2, 0) is 0 Å². The summed E-state index contributed by atoms with van der Waals surface area (Å²) < 4.78 is 3.44. The number of aliphatic hydroxyl groups excluding tert-OH is 1. The van der Waals surface area contributed by atoms with Gasteiger partial charge in [0.2, 0.25) is 0 Å². The molecule has 0 aromatic heterocycles. The van der Waals surface area contributed by atoms with Gasteiger partial charge in [0.25, 0.3) is 0 Å². The Morgan fingerprint density at radius 1 is 1.46 bits per heavy atom. The van der Waals surface area contributed by atoms with Gasteiger partial charge in [-0.15, -0.1) is 0 Å². The second-order valence-corrected chi connectivity index (χ2v) is 6.57. The van der Waals surface area contributed by atoms with Crippen LogP contribution in [0.25, 0.3) is 0 Å². The third kappa shape index (κ3) is 4.61. The van der Waals surface area contributed by atoms with Crippen LogP contribution >= 0.6 is 38.5 Å². The van der Waals surface area contributed by atoms with E-state index >= 15 is 0 Å². The Hall–Kier alpha value is 0.649. The van der Waals surface area contributed by atoms with Crippen molar-refractivity contribution in [3.63, 3.8) is 0 Å². The van der Waals surface area contributed by atoms with E-state index in [0.29, 0.717) is 15.0 Å². The average Bonchev–Trinajstić information content (AvgIpc) is 2.16. The summed E-state index contributed by atoms with van der Waals surface area (Å²) in [6.07, 6.45) is 0. The SMILES string of the molecule is OC/C(I)=C/[Se]c1ccc(Br)cc1. The molecule has 0 spiro atoms. The first-order valence-electron chi connectivity index (χ1n) is 3.60. The van der Waals surface area contributed by atoms with E-state index in [0.717, 1.165) is 8.05 Å². The first kappa shape index (κ1) is 11.7. The first-order chi connectivity index (χ1) is 6.22. The molecule has 0 radical (unpaired) electrons. The Morgan fingerprint density at radius 3 is 2.62 bits per heavy atom. The van der Waals surface area contributed by atoms with Crippen LogP contribution in [0, 0.1) is 0 Å². The first-order valence-corrected chi connectivity index (χ1v) is 7.31. The van der Waals surface area contributed by atoms with Crippen LogP contribution in [0.5, 0.6) is 0 Å². The molecule has 0 aliphatic heterocycles. The summed E-state index contributed by atoms with van der Waals surface area (Å²) in [6, 6.07) is 8.28. The van der Waals surface area contributed by atoms with Gasteiger partial charge in [-0.1, -0.05) is 0 Å². The fourth-order valence-electron chi connectivity index (χ4n) is 0.682. The molecule has 70 valence electrons. The molecule has 1 nitrogen and oxygen atoms in total. The Kier molecular flexibility index (Phi) is 5.58. The van der Waals surface area contributed by atoms with E-state index in [2.05, 4.69) is 55.6 Å². The second kappa shape index (κ2) is 6.19. The Morgan fingerprint density at radius 2 is 2.08 bits per heavy atom. The normalized spacial score (nSPS) is 11.8. The van der Waals surface area contributed by atoms with Crippen molar-refractivity contribution in [3.05, 3.63) is 37.3 Å². The molecule has 1 N–H and O–H groups in total. The minimum atomic E-state index is 0.152. The Bertz CT molecular complexity index is 297. The van der Waals surface area contributed by atoms with Crippen LogP contribution in [0.15, 0.2) is 37.3 Å². The maximum absolute atomic E-state index is 8.78. The van der Waals surface area contributed by atoms with Crippen LogP contribution in [0.3, 0.4) is 0 Å². The van der Waals surface area contributed by atoms with Gasteiger partial charge in [-0.25, -0.2) is 0 Å². The number of benzene rings is 1. The van der Waals surface area contributed by atoms with Gasteiger partial charge in [0.05, 0.1) is 0 Å². The molecule has 0 heterocycles. The molecule has 1 rings (SSSR count). The van der Waals surface area contributed by atoms with Gasteiger partial charge in [-0.2, -0.15) is 0 Å². The number of rotatable bonds is 3. The molecule has 0 saturated heterocycles. The van der Waals surface area contributed by atoms with Gasteiger partial charge in [-0.3, -0.25) is 0 Å². The van der Waals surface area contributed by atoms with E-state index in [1.165, 1.54) is 4.46 Å². The molecule has 0 saturated carbocycles. The monoisotopic (exact) mass is 418 g/mol. The van der Waals surface area contributed by atoms with Crippen molar-refractivity contribution < 1.29 is 5.11 Å². The van der Waals surface area contributed by atoms with Crippen molar-refractivity contribution in [2.75, 3.05) is 6.61 Å². The fourth-order valence-corrected chi connectivity index (χ4v) is 2.93. The number of hydrogen-bond acceptors (Lipinski definition) is 1. The molecule has 4 heteroatoms. The zero-order chi connectivity index (χ0) is 9.68. The van der Waals surface area contributed by atoms with Crippen LogP contribution in [0.1, 0.15) is 0 Å². The van der Waals surface area contributed by atoms with Crippen molar-refractivity contribution in [2.24, 2.45) is 0 Å². The van der Waals surface area contributed by atoms with Gasteiger partial charge >= 0.3 is 107 Å². The van der Waals surface area contributed by atoms with E-state index < -0.39 is 0 Å². The van der Waals surface area contributed by atoms with Crippen LogP contribution < -0.4 is 4.46 Å². The molecule has 1 aromatic rings. The molecule has 0 atom stereocenters. The quantitative estimate of drug-likeness (QED) is 0.589. The molecule has 0 amide bonds. The minimum absolute atomic E-state index is 0.152. The predicted molar refractivity (Wildman–Crippen MR) is 68.7 cm³/mol. The molecular formula is C9H8BrIOSe. The molecule has 1 aromatic carbocycles. The van der Waals surface area contributed by atoms with Crippen molar-refractivity contribution in [2.45, 2.75) is 0 Å². The summed E-state index contributed by atoms with van der Waals surface area (Å²) in [5.41, 5.74) is 0. The molecular weight excluding hydrogens is 410 g/mol. The van der Waals surface area contributed by atoms with Crippen molar-refractivity contribution >= 4 is 57.9 Å². The molecule has 0 aliphatic carbocycles. The topological polar surface area (TPSA) is 20.2 Å². The van der Waals surface area contributed by atoms with Gasteiger partial charge in [0.1, 0.15) is 0 Å². The summed E-state index contributed by atoms with van der Waals surface area (Å²) in [6.45, 7) is 0.152. The summed E-state index contributed by atoms with van der Waals surface area (Å²) in [7, 11) is 0. The van der Waals surface area contributed by atoms with Crippen LogP contribution in [0.2, 0.25) is 0 Å². The summed E-state index contributed by atoms with van der Waals surface area (Å²) in [5, 5.41) is 8.78. The van der Waals surface area contributed by atoms with Gasteiger partial charge in [-0.05, 0) is 0 Å². The van der Waals surface area contributed by atoms with E-state index in [1.54, 1.807) is 0 Å².